The van der Waals surface area contributed by atoms with Crippen molar-refractivity contribution in [3.8, 4) is 0 Å². The lowest BCUT2D eigenvalue weighted by atomic mass is 9.77. The standard InChI is InChI=1S/C14H21BN4O2/c1-9-10(8-18-19-17)6-11(7-12(9)16)15-20-13(2,3)14(4,5)21-15/h6-7H,8,16H2,1-5H3. The van der Waals surface area contributed by atoms with Gasteiger partial charge in [-0.2, -0.15) is 0 Å². The molecule has 2 rings (SSSR count). The average molecular weight is 288 g/mol. The van der Waals surface area contributed by atoms with Crippen molar-refractivity contribution in [1.82, 2.24) is 0 Å². The van der Waals surface area contributed by atoms with Crippen LogP contribution >= 0.6 is 0 Å². The maximum Gasteiger partial charge on any atom is 0.494 e. The van der Waals surface area contributed by atoms with Crippen LogP contribution in [-0.2, 0) is 15.9 Å². The van der Waals surface area contributed by atoms with Gasteiger partial charge in [-0.3, -0.25) is 0 Å². The summed E-state index contributed by atoms with van der Waals surface area (Å²) in [5.74, 6) is 0. The molecule has 0 bridgehead atoms. The van der Waals surface area contributed by atoms with Gasteiger partial charge in [0, 0.05) is 10.6 Å². The Bertz CT molecular complexity index is 593. The second-order valence-corrected chi connectivity index (χ2v) is 6.37. The lowest BCUT2D eigenvalue weighted by molar-refractivity contribution is 0.00578. The van der Waals surface area contributed by atoms with Crippen LogP contribution in [0.2, 0.25) is 0 Å². The number of hydrogen-bond donors (Lipinski definition) is 1. The van der Waals surface area contributed by atoms with Gasteiger partial charge in [-0.15, -0.1) is 0 Å². The van der Waals surface area contributed by atoms with Crippen LogP contribution in [-0.4, -0.2) is 18.3 Å². The highest BCUT2D eigenvalue weighted by Gasteiger charge is 2.51. The predicted molar refractivity (Wildman–Crippen MR) is 84.2 cm³/mol. The van der Waals surface area contributed by atoms with E-state index in [0.717, 1.165) is 16.6 Å². The van der Waals surface area contributed by atoms with Crippen LogP contribution in [0.5, 0.6) is 0 Å². The van der Waals surface area contributed by atoms with Gasteiger partial charge in [-0.05, 0) is 62.8 Å². The van der Waals surface area contributed by atoms with Gasteiger partial charge in [-0.25, -0.2) is 0 Å². The highest BCUT2D eigenvalue weighted by Crippen LogP contribution is 2.36. The van der Waals surface area contributed by atoms with Gasteiger partial charge in [-0.1, -0.05) is 11.2 Å². The van der Waals surface area contributed by atoms with E-state index in [9.17, 15) is 0 Å². The molecule has 0 aliphatic carbocycles. The van der Waals surface area contributed by atoms with E-state index in [1.807, 2.05) is 46.8 Å². The third-order valence-electron chi connectivity index (χ3n) is 4.41. The van der Waals surface area contributed by atoms with Gasteiger partial charge < -0.3 is 15.0 Å². The Labute approximate surface area is 125 Å². The van der Waals surface area contributed by atoms with Gasteiger partial charge in [0.1, 0.15) is 0 Å². The van der Waals surface area contributed by atoms with Crippen molar-refractivity contribution in [3.05, 3.63) is 33.7 Å². The van der Waals surface area contributed by atoms with Crippen LogP contribution < -0.4 is 11.2 Å². The number of rotatable bonds is 3. The first-order chi connectivity index (χ1) is 9.68. The molecule has 1 aromatic rings. The van der Waals surface area contributed by atoms with Crippen molar-refractivity contribution in [1.29, 1.82) is 0 Å². The molecule has 0 amide bonds. The largest absolute Gasteiger partial charge is 0.494 e. The normalized spacial score (nSPS) is 19.4. The molecule has 1 aliphatic rings. The summed E-state index contributed by atoms with van der Waals surface area (Å²) in [4.78, 5) is 2.80. The zero-order valence-corrected chi connectivity index (χ0v) is 13.2. The van der Waals surface area contributed by atoms with Gasteiger partial charge in [0.25, 0.3) is 0 Å². The van der Waals surface area contributed by atoms with E-state index in [1.54, 1.807) is 0 Å². The maximum absolute atomic E-state index is 8.48. The molecule has 6 nitrogen and oxygen atoms in total. The molecule has 7 heteroatoms. The quantitative estimate of drug-likeness (QED) is 0.304. The van der Waals surface area contributed by atoms with Crippen LogP contribution in [0, 0.1) is 6.92 Å². The first-order valence-corrected chi connectivity index (χ1v) is 6.93. The molecule has 112 valence electrons. The van der Waals surface area contributed by atoms with Crippen LogP contribution in [0.25, 0.3) is 10.4 Å². The van der Waals surface area contributed by atoms with Gasteiger partial charge in [0.15, 0.2) is 0 Å². The second-order valence-electron chi connectivity index (χ2n) is 6.37. The monoisotopic (exact) mass is 288 g/mol. The van der Waals surface area contributed by atoms with E-state index in [4.69, 9.17) is 20.6 Å². The first-order valence-electron chi connectivity index (χ1n) is 6.93. The molecule has 1 aliphatic heterocycles. The van der Waals surface area contributed by atoms with Crippen LogP contribution in [0.15, 0.2) is 17.2 Å². The smallest absolute Gasteiger partial charge is 0.399 e. The minimum atomic E-state index is -0.470. The summed E-state index contributed by atoms with van der Waals surface area (Å²) in [6.07, 6.45) is 0. The maximum atomic E-state index is 8.48. The van der Waals surface area contributed by atoms with E-state index in [0.29, 0.717) is 5.69 Å². The minimum absolute atomic E-state index is 0.264. The van der Waals surface area contributed by atoms with Crippen LogP contribution in [0.4, 0.5) is 5.69 Å². The Balaban J connectivity index is 2.38. The van der Waals surface area contributed by atoms with Crippen molar-refractivity contribution in [2.45, 2.75) is 52.4 Å². The molecule has 0 saturated carbocycles. The van der Waals surface area contributed by atoms with Crippen molar-refractivity contribution < 1.29 is 9.31 Å². The average Bonchev–Trinajstić information content (AvgIpc) is 2.60. The number of azide groups is 1. The molecular weight excluding hydrogens is 267 g/mol. The lowest BCUT2D eigenvalue weighted by Crippen LogP contribution is -2.41. The third-order valence-corrected chi connectivity index (χ3v) is 4.41. The highest BCUT2D eigenvalue weighted by atomic mass is 16.7. The van der Waals surface area contributed by atoms with E-state index in [1.165, 1.54) is 0 Å². The molecule has 2 N–H and O–H groups in total. The fourth-order valence-electron chi connectivity index (χ4n) is 2.21. The van der Waals surface area contributed by atoms with Crippen LogP contribution in [0.1, 0.15) is 38.8 Å². The molecule has 1 saturated heterocycles. The van der Waals surface area contributed by atoms with E-state index in [-0.39, 0.29) is 6.54 Å². The summed E-state index contributed by atoms with van der Waals surface area (Å²) < 4.78 is 12.0. The number of benzene rings is 1. The molecule has 21 heavy (non-hydrogen) atoms. The SMILES string of the molecule is Cc1c(N)cc(B2OC(C)(C)C(C)(C)O2)cc1CN=[N+]=[N-]. The van der Waals surface area contributed by atoms with Crippen molar-refractivity contribution >= 4 is 18.3 Å². The molecule has 1 heterocycles. The van der Waals surface area contributed by atoms with Crippen molar-refractivity contribution in [2.75, 3.05) is 5.73 Å². The molecule has 0 aromatic heterocycles. The van der Waals surface area contributed by atoms with E-state index < -0.39 is 18.3 Å². The van der Waals surface area contributed by atoms with E-state index in [2.05, 4.69) is 10.0 Å². The Morgan fingerprint density at radius 3 is 2.33 bits per heavy atom. The summed E-state index contributed by atoms with van der Waals surface area (Å²) in [6, 6.07) is 3.79. The van der Waals surface area contributed by atoms with Crippen LogP contribution in [0.3, 0.4) is 0 Å². The number of nitrogens with two attached hydrogens (primary N) is 1. The van der Waals surface area contributed by atoms with Crippen molar-refractivity contribution in [3.63, 3.8) is 0 Å². The molecule has 0 unspecified atom stereocenters. The fraction of sp³-hybridized carbons (Fsp3) is 0.571. The number of anilines is 1. The van der Waals surface area contributed by atoms with Gasteiger partial charge in [0.2, 0.25) is 0 Å². The Morgan fingerprint density at radius 2 is 1.81 bits per heavy atom. The summed E-state index contributed by atoms with van der Waals surface area (Å²) in [5, 5.41) is 3.61. The molecule has 0 atom stereocenters. The van der Waals surface area contributed by atoms with E-state index >= 15 is 0 Å². The summed E-state index contributed by atoms with van der Waals surface area (Å²) in [5.41, 5.74) is 17.0. The zero-order chi connectivity index (χ0) is 15.8. The number of nitrogens with zero attached hydrogens (tertiary/aromatic N) is 3. The first kappa shape index (κ1) is 15.7. The number of nitrogen functional groups attached to an aromatic ring is 1. The van der Waals surface area contributed by atoms with Gasteiger partial charge >= 0.3 is 7.12 Å². The summed E-state index contributed by atoms with van der Waals surface area (Å²) in [6.45, 7) is 10.2. The fourth-order valence-corrected chi connectivity index (χ4v) is 2.21. The third kappa shape index (κ3) is 2.86. The molecule has 1 fully saturated rings. The molecule has 0 radical (unpaired) electrons. The number of hydrogen-bond acceptors (Lipinski definition) is 4. The Morgan fingerprint density at radius 1 is 1.24 bits per heavy atom. The zero-order valence-electron chi connectivity index (χ0n) is 13.2. The Hall–Kier alpha value is -1.69. The van der Waals surface area contributed by atoms with Crippen molar-refractivity contribution in [2.24, 2.45) is 5.11 Å². The summed E-state index contributed by atoms with van der Waals surface area (Å²) >= 11 is 0. The predicted octanol–water partition coefficient (Wildman–Crippen LogP) is 2.69. The lowest BCUT2D eigenvalue weighted by Gasteiger charge is -2.32. The minimum Gasteiger partial charge on any atom is -0.399 e. The topological polar surface area (TPSA) is 93.2 Å². The summed E-state index contributed by atoms with van der Waals surface area (Å²) in [7, 11) is -0.470. The molecule has 1 aromatic carbocycles. The highest BCUT2D eigenvalue weighted by molar-refractivity contribution is 6.62. The molecule has 0 spiro atoms. The second kappa shape index (κ2) is 5.26. The van der Waals surface area contributed by atoms with Gasteiger partial charge in [0.05, 0.1) is 17.7 Å². The molecular formula is C14H21BN4O2. The Kier molecular flexibility index (Phi) is 3.93.